The highest BCUT2D eigenvalue weighted by Crippen LogP contribution is 2.59. The highest BCUT2D eigenvalue weighted by atomic mass is 35.5. The minimum Gasteiger partial charge on any atom is -0.489 e. The van der Waals surface area contributed by atoms with Gasteiger partial charge in [-0.25, -0.2) is 9.24 Å². The summed E-state index contributed by atoms with van der Waals surface area (Å²) in [5.74, 6) is 3.62. The summed E-state index contributed by atoms with van der Waals surface area (Å²) in [7, 11) is 0. The third-order valence-corrected chi connectivity index (χ3v) is 11.8. The molecule has 1 N–H and O–H groups in total. The van der Waals surface area contributed by atoms with Gasteiger partial charge in [0.05, 0.1) is 34.3 Å². The van der Waals surface area contributed by atoms with Gasteiger partial charge in [-0.05, 0) is 54.4 Å². The van der Waals surface area contributed by atoms with Crippen LogP contribution in [0, 0.1) is 41.0 Å². The van der Waals surface area contributed by atoms with Crippen molar-refractivity contribution < 1.29 is 33.1 Å². The van der Waals surface area contributed by atoms with Crippen LogP contribution >= 0.6 is 11.6 Å². The predicted octanol–water partition coefficient (Wildman–Crippen LogP) is 5.76. The fraction of sp³-hybridized carbons (Fsp3) is 0.366. The molecule has 1 atom stereocenters. The van der Waals surface area contributed by atoms with Crippen molar-refractivity contribution in [2.24, 2.45) is 16.7 Å². The third-order valence-electron chi connectivity index (χ3n) is 11.5. The largest absolute Gasteiger partial charge is 0.489 e. The van der Waals surface area contributed by atoms with Crippen molar-refractivity contribution in [2.75, 3.05) is 18.0 Å². The summed E-state index contributed by atoms with van der Waals surface area (Å²) in [6, 6.07) is 11.8. The maximum absolute atomic E-state index is 15.3. The number of halogens is 2. The highest BCUT2D eigenvalue weighted by Gasteiger charge is 2.67. The van der Waals surface area contributed by atoms with E-state index in [4.69, 9.17) is 22.9 Å². The molecule has 13 heteroatoms. The van der Waals surface area contributed by atoms with Gasteiger partial charge in [0.25, 0.3) is 17.7 Å². The Morgan fingerprint density at radius 2 is 1.63 bits per heavy atom. The average molecular weight is 748 g/mol. The molecule has 0 radical (unpaired) electrons. The summed E-state index contributed by atoms with van der Waals surface area (Å²) in [6.45, 7) is 16.9. The van der Waals surface area contributed by atoms with Gasteiger partial charge in [-0.2, -0.15) is 0 Å². The summed E-state index contributed by atoms with van der Waals surface area (Å²) in [5, 5.41) is 2.49. The molecule has 5 amide bonds. The molecule has 5 aliphatic rings. The molecule has 1 saturated carbocycles. The van der Waals surface area contributed by atoms with Gasteiger partial charge in [0, 0.05) is 54.1 Å². The lowest BCUT2D eigenvalue weighted by molar-refractivity contribution is -0.199. The molecule has 0 spiro atoms. The lowest BCUT2D eigenvalue weighted by Crippen LogP contribution is -2.74. The normalized spacial score (nSPS) is 23.8. The predicted molar refractivity (Wildman–Crippen MR) is 195 cm³/mol. The third kappa shape index (κ3) is 5.42. The summed E-state index contributed by atoms with van der Waals surface area (Å²) < 4.78 is 21.7. The van der Waals surface area contributed by atoms with E-state index in [1.807, 2.05) is 23.1 Å². The van der Waals surface area contributed by atoms with Gasteiger partial charge in [0.1, 0.15) is 23.7 Å². The number of carbonyl (C=O) groups excluding carboxylic acids is 5. The van der Waals surface area contributed by atoms with Crippen molar-refractivity contribution in [3.63, 3.8) is 0 Å². The van der Waals surface area contributed by atoms with Gasteiger partial charge >= 0.3 is 0 Å². The number of hydrogen-bond donors (Lipinski definition) is 1. The minimum absolute atomic E-state index is 0.00480. The van der Waals surface area contributed by atoms with E-state index in [-0.39, 0.29) is 64.5 Å². The number of piperidine rings is 1. The Balaban J connectivity index is 0.920. The Bertz CT molecular complexity index is 2320. The SMILES string of the molecule is [C-]#[N+]c1ccc(OC2C(C)(C)C(N3Cc4cc(C#CC5CN(c6cc7c(cc6F)C(=O)N(C6CCC(=O)NC6=O)C7=O)C5)ccc4C3=O)C2(C)C)cc1Cl. The molecular formula is C41H35ClFN5O6. The molecule has 0 aromatic heterocycles. The van der Waals surface area contributed by atoms with E-state index in [2.05, 4.69) is 49.7 Å². The molecule has 8 rings (SSSR count). The number of benzene rings is 3. The van der Waals surface area contributed by atoms with E-state index in [0.717, 1.165) is 22.1 Å². The smallest absolute Gasteiger partial charge is 0.262 e. The second-order valence-corrected chi connectivity index (χ2v) is 16.1. The molecule has 0 bridgehead atoms. The Kier molecular flexibility index (Phi) is 8.13. The van der Waals surface area contributed by atoms with Gasteiger partial charge in [-0.1, -0.05) is 57.2 Å². The summed E-state index contributed by atoms with van der Waals surface area (Å²) in [6.07, 6.45) is -0.205. The maximum atomic E-state index is 15.3. The molecule has 274 valence electrons. The van der Waals surface area contributed by atoms with E-state index in [0.29, 0.717) is 41.7 Å². The quantitative estimate of drug-likeness (QED) is 0.200. The van der Waals surface area contributed by atoms with Crippen LogP contribution in [0.15, 0.2) is 48.5 Å². The molecule has 3 aromatic rings. The zero-order chi connectivity index (χ0) is 38.4. The van der Waals surface area contributed by atoms with E-state index in [9.17, 15) is 24.0 Å². The van der Waals surface area contributed by atoms with Crippen LogP contribution in [0.3, 0.4) is 0 Å². The van der Waals surface area contributed by atoms with Crippen LogP contribution in [0.5, 0.6) is 5.75 Å². The first-order chi connectivity index (χ1) is 25.6. The lowest BCUT2D eigenvalue weighted by Gasteiger charge is -2.65. The molecular weight excluding hydrogens is 713 g/mol. The van der Waals surface area contributed by atoms with Gasteiger partial charge in [-0.3, -0.25) is 34.2 Å². The lowest BCUT2D eigenvalue weighted by atomic mass is 9.49. The molecule has 1 aliphatic carbocycles. The van der Waals surface area contributed by atoms with Crippen LogP contribution in [0.4, 0.5) is 15.8 Å². The number of anilines is 1. The Labute approximate surface area is 316 Å². The summed E-state index contributed by atoms with van der Waals surface area (Å²) in [5.41, 5.74) is 1.96. The number of nitrogens with zero attached hydrogens (tertiary/aromatic N) is 4. The number of nitrogens with one attached hydrogen (secondary N) is 1. The van der Waals surface area contributed by atoms with Crippen molar-refractivity contribution in [1.82, 2.24) is 15.1 Å². The van der Waals surface area contributed by atoms with E-state index >= 15 is 4.39 Å². The van der Waals surface area contributed by atoms with Crippen LogP contribution in [-0.4, -0.2) is 70.6 Å². The number of rotatable bonds is 5. The molecule has 2 saturated heterocycles. The first-order valence-corrected chi connectivity index (χ1v) is 18.1. The molecule has 3 fully saturated rings. The second-order valence-electron chi connectivity index (χ2n) is 15.7. The van der Waals surface area contributed by atoms with Crippen LogP contribution in [0.2, 0.25) is 5.02 Å². The molecule has 54 heavy (non-hydrogen) atoms. The van der Waals surface area contributed by atoms with Crippen molar-refractivity contribution in [3.8, 4) is 17.6 Å². The molecule has 3 aromatic carbocycles. The van der Waals surface area contributed by atoms with Crippen molar-refractivity contribution in [1.29, 1.82) is 0 Å². The van der Waals surface area contributed by atoms with E-state index in [1.54, 1.807) is 23.1 Å². The molecule has 1 unspecified atom stereocenters. The minimum atomic E-state index is -1.13. The zero-order valence-electron chi connectivity index (χ0n) is 30.0. The number of fused-ring (bicyclic) bond motifs is 2. The van der Waals surface area contributed by atoms with Gasteiger partial charge in [0.2, 0.25) is 17.5 Å². The van der Waals surface area contributed by atoms with Crippen LogP contribution < -0.4 is 15.0 Å². The van der Waals surface area contributed by atoms with Crippen LogP contribution in [-0.2, 0) is 16.1 Å². The molecule has 4 heterocycles. The highest BCUT2D eigenvalue weighted by molar-refractivity contribution is 6.33. The Morgan fingerprint density at radius 3 is 2.30 bits per heavy atom. The summed E-state index contributed by atoms with van der Waals surface area (Å²) >= 11 is 6.27. The van der Waals surface area contributed by atoms with Gasteiger partial charge < -0.3 is 14.5 Å². The molecule has 11 nitrogen and oxygen atoms in total. The number of imide groups is 2. The number of carbonyl (C=O) groups is 5. The Hall–Kier alpha value is -5.72. The fourth-order valence-electron chi connectivity index (χ4n) is 9.31. The second kappa shape index (κ2) is 12.4. The van der Waals surface area contributed by atoms with Crippen molar-refractivity contribution in [2.45, 2.75) is 65.3 Å². The number of hydrogen-bond acceptors (Lipinski definition) is 7. The van der Waals surface area contributed by atoms with E-state index in [1.165, 1.54) is 6.07 Å². The first-order valence-electron chi connectivity index (χ1n) is 17.7. The van der Waals surface area contributed by atoms with Gasteiger partial charge in [-0.15, -0.1) is 0 Å². The average Bonchev–Trinajstić information content (AvgIpc) is 3.53. The first kappa shape index (κ1) is 35.3. The Morgan fingerprint density at radius 1 is 0.926 bits per heavy atom. The number of ether oxygens (including phenoxy) is 1. The van der Waals surface area contributed by atoms with Crippen molar-refractivity contribution >= 4 is 52.5 Å². The molecule has 4 aliphatic heterocycles. The zero-order valence-corrected chi connectivity index (χ0v) is 30.7. The standard InChI is InChI=1S/C41H35ClFN5O6/c1-40(2)38(41(3,4)39(40)54-24-9-11-30(44-5)28(42)15-24)47-20-23-14-21(8-10-25(23)35(47)51)6-7-22-18-46(19-22)32-17-27-26(16-29(32)43)36(52)48(37(27)53)31-12-13-33(49)45-34(31)50/h8-11,14-17,22,31,38-39H,12-13,18-20H2,1-4H3,(H,45,49,50). The van der Waals surface area contributed by atoms with Crippen molar-refractivity contribution in [3.05, 3.63) is 98.6 Å². The van der Waals surface area contributed by atoms with Gasteiger partial charge in [0.15, 0.2) is 0 Å². The monoisotopic (exact) mass is 747 g/mol. The summed E-state index contributed by atoms with van der Waals surface area (Å²) in [4.78, 5) is 71.9. The fourth-order valence-corrected chi connectivity index (χ4v) is 9.52. The maximum Gasteiger partial charge on any atom is 0.262 e. The van der Waals surface area contributed by atoms with Crippen LogP contribution in [0.25, 0.3) is 4.85 Å². The van der Waals surface area contributed by atoms with Crippen LogP contribution in [0.1, 0.15) is 82.7 Å². The topological polar surface area (TPSA) is 121 Å². The number of amides is 5. The van der Waals surface area contributed by atoms with E-state index < -0.39 is 35.5 Å².